The van der Waals surface area contributed by atoms with Gasteiger partial charge in [0, 0.05) is 11.8 Å². The molecule has 0 unspecified atom stereocenters. The van der Waals surface area contributed by atoms with Crippen LogP contribution in [0.3, 0.4) is 0 Å². The highest BCUT2D eigenvalue weighted by atomic mass is 32.2. The summed E-state index contributed by atoms with van der Waals surface area (Å²) in [4.78, 5) is 0. The van der Waals surface area contributed by atoms with Crippen LogP contribution in [-0.4, -0.2) is 35.6 Å². The van der Waals surface area contributed by atoms with E-state index in [1.54, 1.807) is 20.8 Å². The number of rotatable bonds is 5. The van der Waals surface area contributed by atoms with Crippen LogP contribution in [0.4, 0.5) is 0 Å². The topological polar surface area (TPSA) is 74.6 Å². The van der Waals surface area contributed by atoms with Crippen molar-refractivity contribution in [2.75, 3.05) is 0 Å². The number of fused-ring (bicyclic) bond motifs is 1. The van der Waals surface area contributed by atoms with Crippen molar-refractivity contribution in [2.24, 2.45) is 17.3 Å². The summed E-state index contributed by atoms with van der Waals surface area (Å²) in [6.07, 6.45) is 13.3. The molecule has 2 N–H and O–H groups in total. The Morgan fingerprint density at radius 3 is 2.64 bits per heavy atom. The second kappa shape index (κ2) is 9.67. The molecule has 2 fully saturated rings. The van der Waals surface area contributed by atoms with Crippen LogP contribution < -0.4 is 0 Å². The van der Waals surface area contributed by atoms with Gasteiger partial charge in [-0.3, -0.25) is 0 Å². The van der Waals surface area contributed by atoms with Gasteiger partial charge in [0.15, 0.2) is 9.84 Å². The highest BCUT2D eigenvalue weighted by molar-refractivity contribution is 7.95. The van der Waals surface area contributed by atoms with Gasteiger partial charge in [0.05, 0.1) is 17.0 Å². The zero-order chi connectivity index (χ0) is 24.6. The third kappa shape index (κ3) is 5.47. The smallest absolute Gasteiger partial charge is 0.176 e. The number of hydrogen-bond donors (Lipinski definition) is 2. The van der Waals surface area contributed by atoms with Crippen molar-refractivity contribution in [1.82, 2.24) is 0 Å². The zero-order valence-electron chi connectivity index (χ0n) is 21.0. The number of hydrogen-bond acceptors (Lipinski definition) is 4. The van der Waals surface area contributed by atoms with Crippen molar-refractivity contribution in [3.8, 4) is 0 Å². The maximum Gasteiger partial charge on any atom is 0.176 e. The van der Waals surface area contributed by atoms with Gasteiger partial charge in [-0.05, 0) is 87.7 Å². The molecule has 0 bridgehead atoms. The normalized spacial score (nSPS) is 34.7. The molecular formula is C28H42O4S. The predicted molar refractivity (Wildman–Crippen MR) is 136 cm³/mol. The summed E-state index contributed by atoms with van der Waals surface area (Å²) < 4.78 is 24.0. The Morgan fingerprint density at radius 1 is 1.27 bits per heavy atom. The quantitative estimate of drug-likeness (QED) is 0.494. The van der Waals surface area contributed by atoms with E-state index >= 15 is 0 Å². The second-order valence-corrected chi connectivity index (χ2v) is 14.0. The van der Waals surface area contributed by atoms with E-state index in [9.17, 15) is 18.6 Å². The molecule has 4 nitrogen and oxygen atoms in total. The van der Waals surface area contributed by atoms with Crippen molar-refractivity contribution in [3.63, 3.8) is 0 Å². The fraction of sp³-hybridized carbons (Fsp3) is 0.643. The van der Waals surface area contributed by atoms with Crippen LogP contribution in [0.1, 0.15) is 79.6 Å². The van der Waals surface area contributed by atoms with Crippen LogP contribution in [-0.2, 0) is 9.84 Å². The van der Waals surface area contributed by atoms with Crippen LogP contribution in [0.5, 0.6) is 0 Å². The predicted octanol–water partition coefficient (Wildman–Crippen LogP) is 5.80. The third-order valence-electron chi connectivity index (χ3n) is 8.02. The molecular weight excluding hydrogens is 432 g/mol. The highest BCUT2D eigenvalue weighted by Gasteiger charge is 2.45. The summed E-state index contributed by atoms with van der Waals surface area (Å²) >= 11 is 0. The minimum absolute atomic E-state index is 0.0986. The lowest BCUT2D eigenvalue weighted by molar-refractivity contribution is 0.0862. The third-order valence-corrected chi connectivity index (χ3v) is 10.3. The molecule has 0 spiro atoms. The first-order valence-electron chi connectivity index (χ1n) is 12.3. The van der Waals surface area contributed by atoms with E-state index in [4.69, 9.17) is 0 Å². The summed E-state index contributed by atoms with van der Waals surface area (Å²) in [7, 11) is -3.25. The molecule has 0 aliphatic heterocycles. The molecule has 3 aliphatic carbocycles. The molecule has 0 radical (unpaired) electrons. The molecule has 0 aromatic heterocycles. The van der Waals surface area contributed by atoms with Crippen LogP contribution in [0.15, 0.2) is 58.6 Å². The number of sulfone groups is 1. The van der Waals surface area contributed by atoms with E-state index in [1.165, 1.54) is 16.6 Å². The second-order valence-electron chi connectivity index (χ2n) is 11.5. The van der Waals surface area contributed by atoms with Crippen LogP contribution in [0.2, 0.25) is 0 Å². The molecule has 0 aromatic carbocycles. The summed E-state index contributed by atoms with van der Waals surface area (Å²) in [6, 6.07) is 0. The van der Waals surface area contributed by atoms with Crippen LogP contribution >= 0.6 is 0 Å². The molecule has 184 valence electrons. The summed E-state index contributed by atoms with van der Waals surface area (Å²) in [5.74, 6) is 0.752. The fourth-order valence-corrected chi connectivity index (χ4v) is 6.57. The van der Waals surface area contributed by atoms with Gasteiger partial charge in [0.1, 0.15) is 0 Å². The Morgan fingerprint density at radius 2 is 1.97 bits per heavy atom. The molecule has 0 saturated heterocycles. The lowest BCUT2D eigenvalue weighted by atomic mass is 9.62. The average Bonchev–Trinajstić information content (AvgIpc) is 3.06. The molecule has 3 rings (SSSR count). The molecule has 5 atom stereocenters. The lowest BCUT2D eigenvalue weighted by Gasteiger charge is -2.42. The van der Waals surface area contributed by atoms with E-state index in [-0.39, 0.29) is 5.41 Å². The Bertz CT molecular complexity index is 989. The highest BCUT2D eigenvalue weighted by Crippen LogP contribution is 2.57. The number of allylic oxidation sites excluding steroid dienone is 6. The average molecular weight is 475 g/mol. The lowest BCUT2D eigenvalue weighted by Crippen LogP contribution is -2.32. The largest absolute Gasteiger partial charge is 0.393 e. The van der Waals surface area contributed by atoms with E-state index in [2.05, 4.69) is 38.7 Å². The van der Waals surface area contributed by atoms with Crippen LogP contribution in [0, 0.1) is 17.3 Å². The SMILES string of the molecule is C=C1/C(=C\C=C2/CCC[C@]3(C)C([C@H](C)C/C=C/S(=O)(=O)C(C)(C)C)=CC[C@@H]23)C[C@@H](O)C[C@@H]1O. The van der Waals surface area contributed by atoms with Crippen molar-refractivity contribution < 1.29 is 18.6 Å². The van der Waals surface area contributed by atoms with Gasteiger partial charge in [0.2, 0.25) is 0 Å². The van der Waals surface area contributed by atoms with Gasteiger partial charge in [-0.1, -0.05) is 55.9 Å². The van der Waals surface area contributed by atoms with Gasteiger partial charge in [-0.25, -0.2) is 8.42 Å². The molecule has 0 aromatic rings. The molecule has 0 amide bonds. The maximum absolute atomic E-state index is 12.4. The Labute approximate surface area is 200 Å². The summed E-state index contributed by atoms with van der Waals surface area (Å²) in [6.45, 7) is 13.8. The van der Waals surface area contributed by atoms with Gasteiger partial charge in [-0.2, -0.15) is 0 Å². The number of aliphatic hydroxyl groups is 2. The van der Waals surface area contributed by atoms with Crippen molar-refractivity contribution in [1.29, 1.82) is 0 Å². The monoisotopic (exact) mass is 474 g/mol. The summed E-state index contributed by atoms with van der Waals surface area (Å²) in [5, 5.41) is 21.6. The van der Waals surface area contributed by atoms with Crippen molar-refractivity contribution in [3.05, 3.63) is 58.6 Å². The Hall–Kier alpha value is -1.43. The molecule has 0 heterocycles. The van der Waals surface area contributed by atoms with Crippen LogP contribution in [0.25, 0.3) is 0 Å². The van der Waals surface area contributed by atoms with E-state index in [1.807, 2.05) is 6.08 Å². The molecule has 33 heavy (non-hydrogen) atoms. The fourth-order valence-electron chi connectivity index (χ4n) is 5.80. The van der Waals surface area contributed by atoms with Gasteiger partial charge in [0.25, 0.3) is 0 Å². The minimum atomic E-state index is -3.25. The van der Waals surface area contributed by atoms with Gasteiger partial charge in [-0.15, -0.1) is 0 Å². The number of aliphatic hydroxyl groups excluding tert-OH is 2. The van der Waals surface area contributed by atoms with Gasteiger partial charge < -0.3 is 10.2 Å². The standard InChI is InChI=1S/C28H42O4S/c1-19(9-8-16-33(31,32)27(3,4)5)24-13-14-25-21(10-7-15-28(24,25)6)11-12-22-17-23(29)18-26(30)20(22)2/h8,11-13,16,19,23,25-26,29-30H,2,7,9-10,14-15,17-18H2,1,3-6H3/b16-8+,21-11+,22-12-/t19-,23-,25+,26+,28-/m1/s1. The minimum Gasteiger partial charge on any atom is -0.393 e. The zero-order valence-corrected chi connectivity index (χ0v) is 21.8. The van der Waals surface area contributed by atoms with E-state index < -0.39 is 26.8 Å². The Balaban J connectivity index is 1.74. The first kappa shape index (κ1) is 26.2. The van der Waals surface area contributed by atoms with Gasteiger partial charge >= 0.3 is 0 Å². The van der Waals surface area contributed by atoms with E-state index in [0.29, 0.717) is 24.7 Å². The first-order chi connectivity index (χ1) is 15.3. The maximum atomic E-state index is 12.4. The molecule has 2 saturated carbocycles. The van der Waals surface area contributed by atoms with E-state index in [0.717, 1.165) is 43.3 Å². The van der Waals surface area contributed by atoms with Crippen molar-refractivity contribution in [2.45, 2.75) is 96.5 Å². The first-order valence-corrected chi connectivity index (χ1v) is 13.9. The molecule has 3 aliphatic rings. The summed E-state index contributed by atoms with van der Waals surface area (Å²) in [5.41, 5.74) is 4.66. The van der Waals surface area contributed by atoms with Crippen molar-refractivity contribution >= 4 is 9.84 Å². The molecule has 5 heteroatoms. The Kier molecular flexibility index (Phi) is 7.67.